The predicted octanol–water partition coefficient (Wildman–Crippen LogP) is 5.88. The van der Waals surface area contributed by atoms with Crippen molar-refractivity contribution in [3.8, 4) is 0 Å². The average molecular weight is 584 g/mol. The molecule has 2 amide bonds. The quantitative estimate of drug-likeness (QED) is 0.255. The summed E-state index contributed by atoms with van der Waals surface area (Å²) in [4.78, 5) is 28.8. The molecule has 0 saturated heterocycles. The third-order valence-electron chi connectivity index (χ3n) is 6.74. The molecular weight excluding hydrogens is 546 g/mol. The molecule has 0 aliphatic carbocycles. The van der Waals surface area contributed by atoms with Gasteiger partial charge in [-0.15, -0.1) is 0 Å². The summed E-state index contributed by atoms with van der Waals surface area (Å²) in [7, 11) is -4.15. The number of anilines is 1. The van der Waals surface area contributed by atoms with E-state index in [0.717, 1.165) is 33.8 Å². The lowest BCUT2D eigenvalue weighted by Crippen LogP contribution is -2.52. The highest BCUT2D eigenvalue weighted by Gasteiger charge is 2.33. The molecule has 0 spiro atoms. The Morgan fingerprint density at radius 1 is 0.950 bits per heavy atom. The zero-order valence-corrected chi connectivity index (χ0v) is 25.1. The molecule has 0 fully saturated rings. The van der Waals surface area contributed by atoms with Gasteiger partial charge >= 0.3 is 0 Å². The van der Waals surface area contributed by atoms with E-state index in [0.29, 0.717) is 18.0 Å². The minimum absolute atomic E-state index is 0.0570. The number of benzene rings is 3. The Bertz CT molecular complexity index is 1400. The monoisotopic (exact) mass is 583 g/mol. The largest absolute Gasteiger partial charge is 0.354 e. The Balaban J connectivity index is 2.04. The van der Waals surface area contributed by atoms with Gasteiger partial charge in [-0.25, -0.2) is 8.42 Å². The number of halogens is 1. The van der Waals surface area contributed by atoms with Crippen LogP contribution in [0.15, 0.2) is 77.7 Å². The van der Waals surface area contributed by atoms with Crippen molar-refractivity contribution >= 4 is 39.1 Å². The SMILES string of the molecule is CCCCNC(=O)[C@@H](CC)N(Cc1ccccc1)C(=O)CN(c1ccc(C)c(Cl)c1)S(=O)(=O)c1ccc(C)cc1. The molecule has 0 saturated carbocycles. The summed E-state index contributed by atoms with van der Waals surface area (Å²) in [6.07, 6.45) is 2.12. The molecule has 0 bridgehead atoms. The number of rotatable bonds is 13. The van der Waals surface area contributed by atoms with Crippen LogP contribution in [0, 0.1) is 13.8 Å². The van der Waals surface area contributed by atoms with E-state index >= 15 is 0 Å². The van der Waals surface area contributed by atoms with Gasteiger partial charge in [0.15, 0.2) is 0 Å². The van der Waals surface area contributed by atoms with Crippen LogP contribution in [0.2, 0.25) is 5.02 Å². The van der Waals surface area contributed by atoms with E-state index in [4.69, 9.17) is 11.6 Å². The van der Waals surface area contributed by atoms with Crippen molar-refractivity contribution in [1.82, 2.24) is 10.2 Å². The van der Waals surface area contributed by atoms with E-state index in [1.807, 2.05) is 58.0 Å². The van der Waals surface area contributed by atoms with Gasteiger partial charge in [-0.3, -0.25) is 13.9 Å². The maximum absolute atomic E-state index is 14.1. The molecule has 0 aromatic heterocycles. The number of carbonyl (C=O) groups excluding carboxylic acids is 2. The number of nitrogens with zero attached hydrogens (tertiary/aromatic N) is 2. The molecule has 214 valence electrons. The van der Waals surface area contributed by atoms with Crippen molar-refractivity contribution in [3.63, 3.8) is 0 Å². The van der Waals surface area contributed by atoms with Gasteiger partial charge in [0.1, 0.15) is 12.6 Å². The van der Waals surface area contributed by atoms with E-state index in [-0.39, 0.29) is 23.0 Å². The summed E-state index contributed by atoms with van der Waals surface area (Å²) in [6, 6.07) is 20.0. The second kappa shape index (κ2) is 14.3. The molecule has 3 rings (SSSR count). The summed E-state index contributed by atoms with van der Waals surface area (Å²) in [6.45, 7) is 7.74. The van der Waals surface area contributed by atoms with E-state index in [2.05, 4.69) is 5.32 Å². The highest BCUT2D eigenvalue weighted by atomic mass is 35.5. The van der Waals surface area contributed by atoms with Gasteiger partial charge in [0.2, 0.25) is 11.8 Å². The standard InChI is InChI=1S/C31H38ClN3O4S/c1-5-7-19-33-31(37)29(6-2)34(21-25-11-9-8-10-12-25)30(36)22-35(26-16-15-24(4)28(32)20-26)40(38,39)27-17-13-23(3)14-18-27/h8-18,20,29H,5-7,19,21-22H2,1-4H3,(H,33,37)/t29-/m1/s1. The molecule has 0 aliphatic rings. The summed E-state index contributed by atoms with van der Waals surface area (Å²) >= 11 is 6.39. The second-order valence-corrected chi connectivity index (χ2v) is 12.1. The molecule has 40 heavy (non-hydrogen) atoms. The number of amides is 2. The fraction of sp³-hybridized carbons (Fsp3) is 0.355. The first kappa shape index (κ1) is 31.2. The van der Waals surface area contributed by atoms with Crippen molar-refractivity contribution in [2.24, 2.45) is 0 Å². The maximum atomic E-state index is 14.1. The average Bonchev–Trinajstić information content (AvgIpc) is 2.94. The first-order chi connectivity index (χ1) is 19.1. The normalized spacial score (nSPS) is 12.0. The molecule has 0 heterocycles. The van der Waals surface area contributed by atoms with E-state index in [9.17, 15) is 18.0 Å². The lowest BCUT2D eigenvalue weighted by Gasteiger charge is -2.33. The molecule has 0 aliphatic heterocycles. The molecule has 9 heteroatoms. The molecule has 7 nitrogen and oxygen atoms in total. The molecule has 3 aromatic rings. The smallest absolute Gasteiger partial charge is 0.264 e. The Hall–Kier alpha value is -3.36. The van der Waals surface area contributed by atoms with Crippen molar-refractivity contribution in [1.29, 1.82) is 0 Å². The van der Waals surface area contributed by atoms with Crippen LogP contribution in [-0.2, 0) is 26.2 Å². The number of aryl methyl sites for hydroxylation is 2. The lowest BCUT2D eigenvalue weighted by molar-refractivity contribution is -0.140. The molecular formula is C31H38ClN3O4S. The summed E-state index contributed by atoms with van der Waals surface area (Å²) in [5.41, 5.74) is 2.80. The van der Waals surface area contributed by atoms with Crippen molar-refractivity contribution in [2.75, 3.05) is 17.4 Å². The van der Waals surface area contributed by atoms with E-state index in [1.165, 1.54) is 17.0 Å². The van der Waals surface area contributed by atoms with Crippen LogP contribution in [0.3, 0.4) is 0 Å². The number of hydrogen-bond donors (Lipinski definition) is 1. The topological polar surface area (TPSA) is 86.8 Å². The third kappa shape index (κ3) is 7.86. The summed E-state index contributed by atoms with van der Waals surface area (Å²) in [5.74, 6) is -0.750. The van der Waals surface area contributed by atoms with Gasteiger partial charge in [0, 0.05) is 18.1 Å². The van der Waals surface area contributed by atoms with Crippen molar-refractivity contribution < 1.29 is 18.0 Å². The van der Waals surface area contributed by atoms with Gasteiger partial charge in [-0.1, -0.05) is 86.0 Å². The number of hydrogen-bond acceptors (Lipinski definition) is 4. The van der Waals surface area contributed by atoms with Crippen molar-refractivity contribution in [2.45, 2.75) is 64.4 Å². The van der Waals surface area contributed by atoms with Gasteiger partial charge in [-0.05, 0) is 62.1 Å². The van der Waals surface area contributed by atoms with Crippen LogP contribution in [-0.4, -0.2) is 44.3 Å². The first-order valence-electron chi connectivity index (χ1n) is 13.5. The lowest BCUT2D eigenvalue weighted by atomic mass is 10.1. The van der Waals surface area contributed by atoms with Crippen LogP contribution >= 0.6 is 11.6 Å². The molecule has 1 N–H and O–H groups in total. The third-order valence-corrected chi connectivity index (χ3v) is 8.94. The second-order valence-electron chi connectivity index (χ2n) is 9.83. The van der Waals surface area contributed by atoms with Gasteiger partial charge in [-0.2, -0.15) is 0 Å². The Morgan fingerprint density at radius 2 is 1.62 bits per heavy atom. The first-order valence-corrected chi connectivity index (χ1v) is 15.4. The summed E-state index contributed by atoms with van der Waals surface area (Å²) in [5, 5.41) is 3.32. The number of nitrogens with one attached hydrogen (secondary N) is 1. The van der Waals surface area contributed by atoms with Crippen LogP contribution in [0.25, 0.3) is 0 Å². The van der Waals surface area contributed by atoms with Crippen LogP contribution in [0.1, 0.15) is 49.8 Å². The molecule has 0 unspecified atom stereocenters. The van der Waals surface area contributed by atoms with Crippen molar-refractivity contribution in [3.05, 3.63) is 94.5 Å². The Morgan fingerprint density at radius 3 is 2.23 bits per heavy atom. The Labute approximate surface area is 243 Å². The molecule has 1 atom stereocenters. The minimum atomic E-state index is -4.15. The zero-order valence-electron chi connectivity index (χ0n) is 23.6. The van der Waals surface area contributed by atoms with Gasteiger partial charge in [0.05, 0.1) is 10.6 Å². The van der Waals surface area contributed by atoms with Crippen LogP contribution in [0.5, 0.6) is 0 Å². The number of unbranched alkanes of at least 4 members (excludes halogenated alkanes) is 1. The zero-order chi connectivity index (χ0) is 29.3. The van der Waals surface area contributed by atoms with E-state index < -0.39 is 28.5 Å². The highest BCUT2D eigenvalue weighted by Crippen LogP contribution is 2.29. The van der Waals surface area contributed by atoms with Gasteiger partial charge < -0.3 is 10.2 Å². The number of carbonyl (C=O) groups is 2. The van der Waals surface area contributed by atoms with Crippen LogP contribution < -0.4 is 9.62 Å². The minimum Gasteiger partial charge on any atom is -0.354 e. The fourth-order valence-electron chi connectivity index (χ4n) is 4.31. The number of sulfonamides is 1. The fourth-order valence-corrected chi connectivity index (χ4v) is 5.89. The highest BCUT2D eigenvalue weighted by molar-refractivity contribution is 7.92. The summed E-state index contributed by atoms with van der Waals surface area (Å²) < 4.78 is 28.9. The van der Waals surface area contributed by atoms with Crippen LogP contribution in [0.4, 0.5) is 5.69 Å². The Kier molecular flexibility index (Phi) is 11.2. The van der Waals surface area contributed by atoms with E-state index in [1.54, 1.807) is 30.3 Å². The molecule has 0 radical (unpaired) electrons. The van der Waals surface area contributed by atoms with Gasteiger partial charge in [0.25, 0.3) is 10.0 Å². The predicted molar refractivity (Wildman–Crippen MR) is 161 cm³/mol. The maximum Gasteiger partial charge on any atom is 0.264 e. The molecule has 3 aromatic carbocycles.